The number of aromatic nitrogens is 4. The molecule has 0 aromatic carbocycles. The van der Waals surface area contributed by atoms with Crippen molar-refractivity contribution in [1.29, 1.82) is 0 Å². The predicted molar refractivity (Wildman–Crippen MR) is 75.8 cm³/mol. The Morgan fingerprint density at radius 3 is 2.70 bits per heavy atom. The molecule has 0 radical (unpaired) electrons. The van der Waals surface area contributed by atoms with E-state index in [9.17, 15) is 4.79 Å². The van der Waals surface area contributed by atoms with Crippen LogP contribution in [0.1, 0.15) is 18.2 Å². The summed E-state index contributed by atoms with van der Waals surface area (Å²) in [6, 6.07) is 1.67. The van der Waals surface area contributed by atoms with Crippen molar-refractivity contribution in [2.24, 2.45) is 0 Å². The van der Waals surface area contributed by atoms with Crippen molar-refractivity contribution in [2.45, 2.75) is 33.5 Å². The molecule has 0 saturated carbocycles. The first kappa shape index (κ1) is 14.1. The van der Waals surface area contributed by atoms with E-state index in [1.165, 1.54) is 4.68 Å². The first-order valence-electron chi connectivity index (χ1n) is 6.55. The molecule has 0 aliphatic rings. The smallest absolute Gasteiger partial charge is 0.244 e. The maximum atomic E-state index is 12.1. The van der Waals surface area contributed by atoms with Gasteiger partial charge in [0.25, 0.3) is 0 Å². The van der Waals surface area contributed by atoms with Crippen LogP contribution in [0.3, 0.4) is 0 Å². The van der Waals surface area contributed by atoms with Gasteiger partial charge in [-0.2, -0.15) is 10.2 Å². The third kappa shape index (κ3) is 3.17. The quantitative estimate of drug-likeness (QED) is 0.869. The standard InChI is InChI=1S/C13H20N6O/c1-4-18-8-11(10(2)15-18)7-17(3)13(20)9-19-6-5-12(14)16-19/h5-6,8H,4,7,9H2,1-3H3,(H2,14,16). The lowest BCUT2D eigenvalue weighted by atomic mass is 10.2. The number of nitrogens with two attached hydrogens (primary N) is 1. The van der Waals surface area contributed by atoms with E-state index >= 15 is 0 Å². The van der Waals surface area contributed by atoms with E-state index in [1.54, 1.807) is 24.2 Å². The third-order valence-electron chi connectivity index (χ3n) is 3.16. The van der Waals surface area contributed by atoms with E-state index in [1.807, 2.05) is 24.7 Å². The largest absolute Gasteiger partial charge is 0.382 e. The van der Waals surface area contributed by atoms with E-state index in [0.29, 0.717) is 12.4 Å². The van der Waals surface area contributed by atoms with Gasteiger partial charge in [-0.05, 0) is 19.9 Å². The molecule has 0 aliphatic heterocycles. The maximum absolute atomic E-state index is 12.1. The van der Waals surface area contributed by atoms with Crippen LogP contribution in [0.4, 0.5) is 5.82 Å². The number of carbonyl (C=O) groups is 1. The monoisotopic (exact) mass is 276 g/mol. The van der Waals surface area contributed by atoms with E-state index in [2.05, 4.69) is 10.2 Å². The van der Waals surface area contributed by atoms with Gasteiger partial charge in [0.15, 0.2) is 0 Å². The highest BCUT2D eigenvalue weighted by Gasteiger charge is 2.13. The molecule has 2 heterocycles. The molecule has 0 unspecified atom stereocenters. The zero-order chi connectivity index (χ0) is 14.7. The van der Waals surface area contributed by atoms with Crippen LogP contribution in [0.25, 0.3) is 0 Å². The van der Waals surface area contributed by atoms with Crippen LogP contribution < -0.4 is 5.73 Å². The molecule has 1 amide bonds. The van der Waals surface area contributed by atoms with Crippen molar-refractivity contribution < 1.29 is 4.79 Å². The van der Waals surface area contributed by atoms with Crippen LogP contribution in [0.5, 0.6) is 0 Å². The number of aryl methyl sites for hydroxylation is 2. The molecule has 2 N–H and O–H groups in total. The second-order valence-corrected chi connectivity index (χ2v) is 4.78. The van der Waals surface area contributed by atoms with E-state index in [0.717, 1.165) is 17.8 Å². The number of hydrogen-bond acceptors (Lipinski definition) is 4. The molecule has 108 valence electrons. The van der Waals surface area contributed by atoms with Gasteiger partial charge >= 0.3 is 0 Å². The summed E-state index contributed by atoms with van der Waals surface area (Å²) in [6.07, 6.45) is 3.67. The molecule has 0 fully saturated rings. The summed E-state index contributed by atoms with van der Waals surface area (Å²) < 4.78 is 3.41. The molecular formula is C13H20N6O. The minimum absolute atomic E-state index is 0.0169. The number of nitrogens with zero attached hydrogens (tertiary/aromatic N) is 5. The van der Waals surface area contributed by atoms with E-state index < -0.39 is 0 Å². The fourth-order valence-corrected chi connectivity index (χ4v) is 1.94. The normalized spacial score (nSPS) is 10.8. The first-order valence-corrected chi connectivity index (χ1v) is 6.55. The van der Waals surface area contributed by atoms with Crippen molar-refractivity contribution in [1.82, 2.24) is 24.5 Å². The Hall–Kier alpha value is -2.31. The molecule has 7 heteroatoms. The van der Waals surface area contributed by atoms with Gasteiger partial charge in [-0.3, -0.25) is 14.2 Å². The Kier molecular flexibility index (Phi) is 4.07. The summed E-state index contributed by atoms with van der Waals surface area (Å²) in [4.78, 5) is 13.8. The third-order valence-corrected chi connectivity index (χ3v) is 3.16. The molecule has 20 heavy (non-hydrogen) atoms. The van der Waals surface area contributed by atoms with Crippen LogP contribution in [-0.2, 0) is 24.4 Å². The van der Waals surface area contributed by atoms with Crippen molar-refractivity contribution in [2.75, 3.05) is 12.8 Å². The van der Waals surface area contributed by atoms with Gasteiger partial charge in [0, 0.05) is 38.1 Å². The summed E-state index contributed by atoms with van der Waals surface area (Å²) in [6.45, 7) is 5.54. The Morgan fingerprint density at radius 1 is 1.40 bits per heavy atom. The average molecular weight is 276 g/mol. The molecule has 0 aliphatic carbocycles. The fourth-order valence-electron chi connectivity index (χ4n) is 1.94. The first-order chi connectivity index (χ1) is 9.49. The highest BCUT2D eigenvalue weighted by Crippen LogP contribution is 2.09. The predicted octanol–water partition coefficient (Wildman–Crippen LogP) is 0.649. The van der Waals surface area contributed by atoms with E-state index in [-0.39, 0.29) is 12.5 Å². The Morgan fingerprint density at radius 2 is 2.15 bits per heavy atom. The van der Waals surface area contributed by atoms with Crippen LogP contribution in [-0.4, -0.2) is 37.4 Å². The van der Waals surface area contributed by atoms with Crippen LogP contribution in [0, 0.1) is 6.92 Å². The second-order valence-electron chi connectivity index (χ2n) is 4.78. The van der Waals surface area contributed by atoms with Gasteiger partial charge in [-0.1, -0.05) is 0 Å². The maximum Gasteiger partial charge on any atom is 0.244 e. The lowest BCUT2D eigenvalue weighted by molar-refractivity contribution is -0.131. The van der Waals surface area contributed by atoms with Gasteiger partial charge in [0.05, 0.1) is 5.69 Å². The number of anilines is 1. The Labute approximate surface area is 118 Å². The van der Waals surface area contributed by atoms with Gasteiger partial charge in [-0.15, -0.1) is 0 Å². The summed E-state index contributed by atoms with van der Waals surface area (Å²) >= 11 is 0. The number of rotatable bonds is 5. The van der Waals surface area contributed by atoms with E-state index in [4.69, 9.17) is 5.73 Å². The number of hydrogen-bond donors (Lipinski definition) is 1. The van der Waals surface area contributed by atoms with Crippen molar-refractivity contribution in [3.05, 3.63) is 29.7 Å². The lowest BCUT2D eigenvalue weighted by Gasteiger charge is -2.16. The molecule has 2 aromatic rings. The fraction of sp³-hybridized carbons (Fsp3) is 0.462. The minimum Gasteiger partial charge on any atom is -0.382 e. The SMILES string of the molecule is CCn1cc(CN(C)C(=O)Cn2ccc(N)n2)c(C)n1. The van der Waals surface area contributed by atoms with Crippen LogP contribution in [0.2, 0.25) is 0 Å². The summed E-state index contributed by atoms with van der Waals surface area (Å²) in [5.41, 5.74) is 7.54. The van der Waals surface area contributed by atoms with Crippen molar-refractivity contribution in [3.63, 3.8) is 0 Å². The molecule has 2 rings (SSSR count). The molecule has 0 atom stereocenters. The summed E-state index contributed by atoms with van der Waals surface area (Å²) in [5.74, 6) is 0.400. The molecule has 0 spiro atoms. The highest BCUT2D eigenvalue weighted by molar-refractivity contribution is 5.75. The molecule has 7 nitrogen and oxygen atoms in total. The zero-order valence-corrected chi connectivity index (χ0v) is 12.1. The van der Waals surface area contributed by atoms with Crippen molar-refractivity contribution in [3.8, 4) is 0 Å². The lowest BCUT2D eigenvalue weighted by Crippen LogP contribution is -2.30. The van der Waals surface area contributed by atoms with Crippen molar-refractivity contribution >= 4 is 11.7 Å². The van der Waals surface area contributed by atoms with Gasteiger partial charge in [0.2, 0.25) is 5.91 Å². The van der Waals surface area contributed by atoms with Crippen LogP contribution >= 0.6 is 0 Å². The van der Waals surface area contributed by atoms with Gasteiger partial charge in [-0.25, -0.2) is 0 Å². The Balaban J connectivity index is 1.98. The Bertz CT molecular complexity index is 600. The second kappa shape index (κ2) is 5.77. The molecular weight excluding hydrogens is 256 g/mol. The van der Waals surface area contributed by atoms with Gasteiger partial charge in [0.1, 0.15) is 12.4 Å². The van der Waals surface area contributed by atoms with Gasteiger partial charge < -0.3 is 10.6 Å². The molecule has 0 saturated heterocycles. The average Bonchev–Trinajstić information content (AvgIpc) is 2.96. The number of likely N-dealkylation sites (N-methyl/N-ethyl adjacent to an activating group) is 1. The minimum atomic E-state index is -0.0169. The topological polar surface area (TPSA) is 82.0 Å². The number of amides is 1. The number of nitrogen functional groups attached to an aromatic ring is 1. The van der Waals surface area contributed by atoms with Crippen LogP contribution in [0.15, 0.2) is 18.5 Å². The summed E-state index contributed by atoms with van der Waals surface area (Å²) in [5, 5.41) is 8.38. The molecule has 0 bridgehead atoms. The zero-order valence-electron chi connectivity index (χ0n) is 12.1. The summed E-state index contributed by atoms with van der Waals surface area (Å²) in [7, 11) is 1.78. The highest BCUT2D eigenvalue weighted by atomic mass is 16.2. The number of carbonyl (C=O) groups excluding carboxylic acids is 1. The molecule has 2 aromatic heterocycles.